The molecule has 5 heteroatoms. The van der Waals surface area contributed by atoms with Crippen molar-refractivity contribution in [3.63, 3.8) is 0 Å². The van der Waals surface area contributed by atoms with Crippen molar-refractivity contribution in [2.24, 2.45) is 0 Å². The molecule has 0 atom stereocenters. The largest absolute Gasteiger partial charge is 0.269 e. The highest BCUT2D eigenvalue weighted by atomic mass is 35.5. The molecule has 0 fully saturated rings. The van der Waals surface area contributed by atoms with Gasteiger partial charge in [-0.1, -0.05) is 29.8 Å². The molecule has 2 rings (SSSR count). The Kier molecular flexibility index (Phi) is 3.58. The minimum Gasteiger partial charge on any atom is -0.258 e. The molecule has 0 N–H and O–H groups in total. The fraction of sp³-hybridized carbons (Fsp3) is 0.0769. The van der Waals surface area contributed by atoms with Crippen molar-refractivity contribution >= 4 is 17.3 Å². The molecule has 2 aromatic carbocycles. The van der Waals surface area contributed by atoms with Crippen molar-refractivity contribution in [3.05, 3.63) is 74.5 Å². The Morgan fingerprint density at radius 1 is 1.22 bits per heavy atom. The summed E-state index contributed by atoms with van der Waals surface area (Å²) in [6.45, 7) is 0. The quantitative estimate of drug-likeness (QED) is 0.622. The molecule has 0 aliphatic heterocycles. The van der Waals surface area contributed by atoms with Crippen LogP contribution in [0.5, 0.6) is 0 Å². The summed E-state index contributed by atoms with van der Waals surface area (Å²) < 4.78 is 12.9. The van der Waals surface area contributed by atoms with Crippen molar-refractivity contribution in [3.8, 4) is 0 Å². The summed E-state index contributed by atoms with van der Waals surface area (Å²) in [5, 5.41) is 11.0. The molecular weight excluding hydrogens is 257 g/mol. The van der Waals surface area contributed by atoms with Gasteiger partial charge < -0.3 is 0 Å². The zero-order valence-electron chi connectivity index (χ0n) is 9.27. The Hall–Kier alpha value is -1.94. The third-order valence-electron chi connectivity index (χ3n) is 2.53. The van der Waals surface area contributed by atoms with Crippen LogP contribution in [0.3, 0.4) is 0 Å². The summed E-state index contributed by atoms with van der Waals surface area (Å²) in [5.41, 5.74) is 1.53. The van der Waals surface area contributed by atoms with Gasteiger partial charge in [-0.15, -0.1) is 0 Å². The molecule has 0 aromatic heterocycles. The maximum absolute atomic E-state index is 12.9. The molecule has 18 heavy (non-hydrogen) atoms. The fourth-order valence-electron chi connectivity index (χ4n) is 1.66. The summed E-state index contributed by atoms with van der Waals surface area (Å²) in [6, 6.07) is 10.4. The van der Waals surface area contributed by atoms with Crippen molar-refractivity contribution in [1.29, 1.82) is 0 Å². The van der Waals surface area contributed by atoms with Gasteiger partial charge in [-0.3, -0.25) is 10.1 Å². The van der Waals surface area contributed by atoms with Gasteiger partial charge in [0, 0.05) is 17.2 Å². The zero-order valence-corrected chi connectivity index (χ0v) is 10.0. The molecule has 0 aliphatic carbocycles. The number of halogens is 2. The van der Waals surface area contributed by atoms with Crippen molar-refractivity contribution < 1.29 is 9.31 Å². The number of nitro groups is 1. The minimum atomic E-state index is -0.449. The van der Waals surface area contributed by atoms with E-state index in [1.807, 2.05) is 0 Å². The van der Waals surface area contributed by atoms with Gasteiger partial charge in [0.2, 0.25) is 0 Å². The van der Waals surface area contributed by atoms with Gasteiger partial charge in [-0.25, -0.2) is 4.39 Å². The van der Waals surface area contributed by atoms with E-state index in [2.05, 4.69) is 0 Å². The lowest BCUT2D eigenvalue weighted by atomic mass is 10.0. The van der Waals surface area contributed by atoms with Crippen LogP contribution in [-0.4, -0.2) is 4.92 Å². The van der Waals surface area contributed by atoms with E-state index in [0.717, 1.165) is 11.1 Å². The van der Waals surface area contributed by atoms with E-state index in [-0.39, 0.29) is 5.69 Å². The number of hydrogen-bond donors (Lipinski definition) is 0. The monoisotopic (exact) mass is 265 g/mol. The molecule has 92 valence electrons. The number of benzene rings is 2. The van der Waals surface area contributed by atoms with Crippen LogP contribution in [0.4, 0.5) is 10.1 Å². The first-order valence-electron chi connectivity index (χ1n) is 5.23. The SMILES string of the molecule is O=[N+]([O-])c1cccc(Cc2ccc(F)cc2Cl)c1. The molecule has 0 radical (unpaired) electrons. The highest BCUT2D eigenvalue weighted by molar-refractivity contribution is 6.31. The Balaban J connectivity index is 2.28. The molecule has 0 spiro atoms. The molecule has 0 bridgehead atoms. The molecular formula is C13H9ClFNO2. The first-order chi connectivity index (χ1) is 8.56. The summed E-state index contributed by atoms with van der Waals surface area (Å²) >= 11 is 5.91. The number of non-ortho nitro benzene ring substituents is 1. The Morgan fingerprint density at radius 3 is 2.67 bits per heavy atom. The van der Waals surface area contributed by atoms with Crippen LogP contribution in [0.2, 0.25) is 5.02 Å². The van der Waals surface area contributed by atoms with Crippen molar-refractivity contribution in [2.75, 3.05) is 0 Å². The van der Waals surface area contributed by atoms with Gasteiger partial charge >= 0.3 is 0 Å². The minimum absolute atomic E-state index is 0.0331. The average Bonchev–Trinajstić information content (AvgIpc) is 2.33. The summed E-state index contributed by atoms with van der Waals surface area (Å²) in [4.78, 5) is 10.2. The zero-order chi connectivity index (χ0) is 13.1. The van der Waals surface area contributed by atoms with Crippen LogP contribution in [-0.2, 0) is 6.42 Å². The van der Waals surface area contributed by atoms with Crippen LogP contribution >= 0.6 is 11.6 Å². The molecule has 3 nitrogen and oxygen atoms in total. The molecule has 0 saturated heterocycles. The third-order valence-corrected chi connectivity index (χ3v) is 2.88. The van der Waals surface area contributed by atoms with Crippen LogP contribution in [0.15, 0.2) is 42.5 Å². The van der Waals surface area contributed by atoms with Crippen LogP contribution in [0.25, 0.3) is 0 Å². The maximum Gasteiger partial charge on any atom is 0.269 e. The van der Waals surface area contributed by atoms with Crippen LogP contribution in [0.1, 0.15) is 11.1 Å². The number of nitrogens with zero attached hydrogens (tertiary/aromatic N) is 1. The second-order valence-electron chi connectivity index (χ2n) is 3.84. The molecule has 0 heterocycles. The summed E-state index contributed by atoms with van der Waals surface area (Å²) in [6.07, 6.45) is 0.431. The first kappa shape index (κ1) is 12.5. The van der Waals surface area contributed by atoms with E-state index in [0.29, 0.717) is 11.4 Å². The highest BCUT2D eigenvalue weighted by Crippen LogP contribution is 2.22. The smallest absolute Gasteiger partial charge is 0.258 e. The number of rotatable bonds is 3. The predicted molar refractivity (Wildman–Crippen MR) is 67.3 cm³/mol. The van der Waals surface area contributed by atoms with Gasteiger partial charge in [-0.05, 0) is 29.7 Å². The summed E-state index contributed by atoms with van der Waals surface area (Å²) in [7, 11) is 0. The van der Waals surface area contributed by atoms with Gasteiger partial charge in [0.15, 0.2) is 0 Å². The van der Waals surface area contributed by atoms with Gasteiger partial charge in [-0.2, -0.15) is 0 Å². The predicted octanol–water partition coefficient (Wildman–Crippen LogP) is 3.98. The second kappa shape index (κ2) is 5.14. The Labute approximate surface area is 108 Å². The first-order valence-corrected chi connectivity index (χ1v) is 5.61. The molecule has 0 aliphatic rings. The van der Waals surface area contributed by atoms with Crippen LogP contribution in [0, 0.1) is 15.9 Å². The Morgan fingerprint density at radius 2 is 2.00 bits per heavy atom. The third kappa shape index (κ3) is 2.84. The number of hydrogen-bond acceptors (Lipinski definition) is 2. The molecule has 2 aromatic rings. The lowest BCUT2D eigenvalue weighted by Gasteiger charge is -2.04. The molecule has 0 saturated carbocycles. The van der Waals surface area contributed by atoms with Gasteiger partial charge in [0.1, 0.15) is 5.82 Å². The van der Waals surface area contributed by atoms with Gasteiger partial charge in [0.25, 0.3) is 5.69 Å². The van der Waals surface area contributed by atoms with Crippen molar-refractivity contribution in [2.45, 2.75) is 6.42 Å². The van der Waals surface area contributed by atoms with E-state index in [1.54, 1.807) is 18.2 Å². The van der Waals surface area contributed by atoms with Crippen LogP contribution < -0.4 is 0 Å². The molecule has 0 amide bonds. The van der Waals surface area contributed by atoms with E-state index < -0.39 is 10.7 Å². The van der Waals surface area contributed by atoms with E-state index in [1.165, 1.54) is 24.3 Å². The fourth-order valence-corrected chi connectivity index (χ4v) is 1.90. The second-order valence-corrected chi connectivity index (χ2v) is 4.25. The molecule has 0 unspecified atom stereocenters. The standard InChI is InChI=1S/C13H9ClFNO2/c14-13-8-11(15)5-4-10(13)6-9-2-1-3-12(7-9)16(17)18/h1-5,7-8H,6H2. The number of nitro benzene ring substituents is 1. The topological polar surface area (TPSA) is 43.1 Å². The van der Waals surface area contributed by atoms with E-state index in [4.69, 9.17) is 11.6 Å². The van der Waals surface area contributed by atoms with E-state index in [9.17, 15) is 14.5 Å². The van der Waals surface area contributed by atoms with Gasteiger partial charge in [0.05, 0.1) is 4.92 Å². The average molecular weight is 266 g/mol. The Bertz CT molecular complexity index is 601. The van der Waals surface area contributed by atoms with E-state index >= 15 is 0 Å². The summed E-state index contributed by atoms with van der Waals surface area (Å²) in [5.74, 6) is -0.400. The normalized spacial score (nSPS) is 10.3. The maximum atomic E-state index is 12.9. The highest BCUT2D eigenvalue weighted by Gasteiger charge is 2.08. The lowest BCUT2D eigenvalue weighted by Crippen LogP contribution is -1.93. The lowest BCUT2D eigenvalue weighted by molar-refractivity contribution is -0.384. The van der Waals surface area contributed by atoms with Crippen molar-refractivity contribution in [1.82, 2.24) is 0 Å².